The van der Waals surface area contributed by atoms with E-state index in [-0.39, 0.29) is 22.0 Å². The van der Waals surface area contributed by atoms with E-state index in [9.17, 15) is 15.0 Å². The number of fused-ring (bicyclic) bond motifs is 5. The SMILES string of the molecule is C=CC[C@]1(C(C)=O)CC[C@H]2[C@@H]3CC=C4C[C@](O)(OCc5ccc(O)cc5)CC[C@]4(C)[C@H]3CC[C@@]21C. The largest absolute Gasteiger partial charge is 0.508 e. The maximum Gasteiger partial charge on any atom is 0.169 e. The van der Waals surface area contributed by atoms with Crippen molar-refractivity contribution in [3.63, 3.8) is 0 Å². The Balaban J connectivity index is 1.35. The van der Waals surface area contributed by atoms with Crippen LogP contribution in [0.5, 0.6) is 5.75 Å². The van der Waals surface area contributed by atoms with E-state index in [1.807, 2.05) is 25.1 Å². The van der Waals surface area contributed by atoms with E-state index in [1.165, 1.54) is 5.57 Å². The van der Waals surface area contributed by atoms with Crippen LogP contribution in [0, 0.1) is 34.0 Å². The zero-order valence-corrected chi connectivity index (χ0v) is 21.7. The first-order valence-corrected chi connectivity index (χ1v) is 13.5. The summed E-state index contributed by atoms with van der Waals surface area (Å²) >= 11 is 0. The molecule has 0 unspecified atom stereocenters. The molecule has 1 aromatic carbocycles. The van der Waals surface area contributed by atoms with Gasteiger partial charge in [-0.1, -0.05) is 43.7 Å². The number of ether oxygens (including phenoxy) is 1. The van der Waals surface area contributed by atoms with E-state index in [0.29, 0.717) is 43.0 Å². The minimum absolute atomic E-state index is 0.0541. The van der Waals surface area contributed by atoms with E-state index in [4.69, 9.17) is 4.74 Å². The Morgan fingerprint density at radius 3 is 2.51 bits per heavy atom. The Bertz CT molecular complexity index is 1030. The van der Waals surface area contributed by atoms with Gasteiger partial charge in [0.05, 0.1) is 6.61 Å². The summed E-state index contributed by atoms with van der Waals surface area (Å²) in [4.78, 5) is 13.0. The molecule has 4 aliphatic carbocycles. The second-order valence-corrected chi connectivity index (χ2v) is 12.5. The smallest absolute Gasteiger partial charge is 0.169 e. The number of rotatable bonds is 6. The van der Waals surface area contributed by atoms with Crippen molar-refractivity contribution in [3.05, 3.63) is 54.1 Å². The first kappa shape index (κ1) is 24.8. The fourth-order valence-electron chi connectivity index (χ4n) is 8.99. The van der Waals surface area contributed by atoms with Gasteiger partial charge in [0.15, 0.2) is 5.79 Å². The van der Waals surface area contributed by atoms with Crippen LogP contribution in [0.2, 0.25) is 0 Å². The number of Topliss-reactive ketones (excluding diaryl/α,β-unsaturated/α-hetero) is 1. The van der Waals surface area contributed by atoms with Crippen molar-refractivity contribution in [2.24, 2.45) is 34.0 Å². The van der Waals surface area contributed by atoms with Gasteiger partial charge in [-0.25, -0.2) is 0 Å². The van der Waals surface area contributed by atoms with Gasteiger partial charge in [-0.3, -0.25) is 4.79 Å². The van der Waals surface area contributed by atoms with Gasteiger partial charge in [0.25, 0.3) is 0 Å². The zero-order chi connectivity index (χ0) is 25.1. The summed E-state index contributed by atoms with van der Waals surface area (Å²) in [6.45, 7) is 11.0. The van der Waals surface area contributed by atoms with Gasteiger partial charge in [0.1, 0.15) is 11.5 Å². The van der Waals surface area contributed by atoms with Crippen molar-refractivity contribution >= 4 is 5.78 Å². The Hall–Kier alpha value is -1.91. The van der Waals surface area contributed by atoms with Crippen molar-refractivity contribution < 1.29 is 19.7 Å². The maximum absolute atomic E-state index is 13.0. The molecule has 0 amide bonds. The minimum atomic E-state index is -1.14. The third-order valence-electron chi connectivity index (χ3n) is 11.1. The van der Waals surface area contributed by atoms with Crippen LogP contribution in [-0.4, -0.2) is 21.8 Å². The van der Waals surface area contributed by atoms with Gasteiger partial charge in [-0.15, -0.1) is 6.58 Å². The molecule has 4 nitrogen and oxygen atoms in total. The molecule has 0 heterocycles. The van der Waals surface area contributed by atoms with Crippen LogP contribution in [0.15, 0.2) is 48.6 Å². The highest BCUT2D eigenvalue weighted by molar-refractivity contribution is 5.84. The third-order valence-corrected chi connectivity index (χ3v) is 11.1. The fourth-order valence-corrected chi connectivity index (χ4v) is 8.99. The average Bonchev–Trinajstić information content (AvgIpc) is 3.13. The number of benzene rings is 1. The highest BCUT2D eigenvalue weighted by Gasteiger charge is 2.65. The molecule has 0 aromatic heterocycles. The quantitative estimate of drug-likeness (QED) is 0.352. The standard InChI is InChI=1S/C31H42O4/c1-5-14-30(21(2)32)16-13-27-25-11-8-23-19-31(34,35-20-22-6-9-24(33)10-7-22)18-17-28(23,3)26(25)12-15-29(27,30)4/h5-10,25-27,33-34H,1,11-20H2,2-4H3/t25-,26+,27+,28+,29+,30-,31-/m1/s1. The molecule has 5 rings (SSSR count). The summed E-state index contributed by atoms with van der Waals surface area (Å²) in [5, 5.41) is 20.9. The van der Waals surface area contributed by atoms with Crippen molar-refractivity contribution in [1.82, 2.24) is 0 Å². The first-order chi connectivity index (χ1) is 16.6. The van der Waals surface area contributed by atoms with Crippen molar-refractivity contribution in [2.45, 2.75) is 91.0 Å². The number of hydrogen-bond acceptors (Lipinski definition) is 4. The van der Waals surface area contributed by atoms with Gasteiger partial charge in [0, 0.05) is 18.3 Å². The van der Waals surface area contributed by atoms with Crippen LogP contribution < -0.4 is 0 Å². The Morgan fingerprint density at radius 1 is 1.11 bits per heavy atom. The van der Waals surface area contributed by atoms with Gasteiger partial charge < -0.3 is 14.9 Å². The van der Waals surface area contributed by atoms with E-state index in [0.717, 1.165) is 50.5 Å². The van der Waals surface area contributed by atoms with Crippen LogP contribution in [0.3, 0.4) is 0 Å². The Kier molecular flexibility index (Phi) is 6.08. The van der Waals surface area contributed by atoms with E-state index in [1.54, 1.807) is 12.1 Å². The average molecular weight is 479 g/mol. The molecular formula is C31H42O4. The summed E-state index contributed by atoms with van der Waals surface area (Å²) in [7, 11) is 0. The highest BCUT2D eigenvalue weighted by atomic mass is 16.6. The summed E-state index contributed by atoms with van der Waals surface area (Å²) in [6.07, 6.45) is 12.8. The maximum atomic E-state index is 13.0. The minimum Gasteiger partial charge on any atom is -0.508 e. The number of hydrogen-bond donors (Lipinski definition) is 2. The highest BCUT2D eigenvalue weighted by Crippen LogP contribution is 2.70. The normalized spacial score (nSPS) is 42.4. The van der Waals surface area contributed by atoms with Crippen LogP contribution >= 0.6 is 0 Å². The molecule has 7 atom stereocenters. The number of carbonyl (C=O) groups is 1. The molecular weight excluding hydrogens is 436 g/mol. The predicted molar refractivity (Wildman–Crippen MR) is 137 cm³/mol. The third kappa shape index (κ3) is 3.74. The lowest BCUT2D eigenvalue weighted by Crippen LogP contribution is -2.55. The van der Waals surface area contributed by atoms with Crippen LogP contribution in [-0.2, 0) is 16.1 Å². The van der Waals surface area contributed by atoms with Gasteiger partial charge in [-0.05, 0) is 98.1 Å². The van der Waals surface area contributed by atoms with Crippen LogP contribution in [0.4, 0.5) is 0 Å². The Morgan fingerprint density at radius 2 is 1.83 bits per heavy atom. The first-order valence-electron chi connectivity index (χ1n) is 13.5. The summed E-state index contributed by atoms with van der Waals surface area (Å²) in [5.74, 6) is 1.24. The molecule has 0 radical (unpaired) electrons. The van der Waals surface area contributed by atoms with Crippen LogP contribution in [0.25, 0.3) is 0 Å². The number of aliphatic hydroxyl groups is 1. The van der Waals surface area contributed by atoms with Gasteiger partial charge >= 0.3 is 0 Å². The molecule has 4 aliphatic rings. The molecule has 35 heavy (non-hydrogen) atoms. The van der Waals surface area contributed by atoms with E-state index < -0.39 is 5.79 Å². The van der Waals surface area contributed by atoms with E-state index in [2.05, 4.69) is 26.5 Å². The summed E-state index contributed by atoms with van der Waals surface area (Å²) in [5.41, 5.74) is 2.22. The van der Waals surface area contributed by atoms with Crippen molar-refractivity contribution in [1.29, 1.82) is 0 Å². The predicted octanol–water partition coefficient (Wildman–Crippen LogP) is 6.71. The number of allylic oxidation sites excluding steroid dienone is 2. The molecule has 3 saturated carbocycles. The summed E-state index contributed by atoms with van der Waals surface area (Å²) < 4.78 is 6.08. The molecule has 2 N–H and O–H groups in total. The number of carbonyl (C=O) groups excluding carboxylic acids is 1. The van der Waals surface area contributed by atoms with Crippen molar-refractivity contribution in [2.75, 3.05) is 0 Å². The molecule has 190 valence electrons. The number of aromatic hydroxyl groups is 1. The molecule has 3 fully saturated rings. The Labute approximate surface area is 210 Å². The number of phenolic OH excluding ortho intramolecular Hbond substituents is 1. The van der Waals surface area contributed by atoms with Gasteiger partial charge in [0.2, 0.25) is 0 Å². The second kappa shape index (κ2) is 8.59. The molecule has 4 heteroatoms. The molecule has 1 aromatic rings. The lowest BCUT2D eigenvalue weighted by atomic mass is 9.45. The van der Waals surface area contributed by atoms with Crippen molar-refractivity contribution in [3.8, 4) is 5.75 Å². The molecule has 0 bridgehead atoms. The monoisotopic (exact) mass is 478 g/mol. The summed E-state index contributed by atoms with van der Waals surface area (Å²) in [6, 6.07) is 6.98. The van der Waals surface area contributed by atoms with E-state index >= 15 is 0 Å². The zero-order valence-electron chi connectivity index (χ0n) is 21.7. The van der Waals surface area contributed by atoms with Crippen LogP contribution in [0.1, 0.15) is 84.1 Å². The molecule has 0 saturated heterocycles. The lowest BCUT2D eigenvalue weighted by Gasteiger charge is -2.60. The van der Waals surface area contributed by atoms with Gasteiger partial charge in [-0.2, -0.15) is 0 Å². The fraction of sp³-hybridized carbons (Fsp3) is 0.645. The topological polar surface area (TPSA) is 66.8 Å². The number of ketones is 1. The number of phenols is 1. The molecule has 0 aliphatic heterocycles. The second-order valence-electron chi connectivity index (χ2n) is 12.5. The molecule has 0 spiro atoms. The lowest BCUT2D eigenvalue weighted by molar-refractivity contribution is -0.231.